The van der Waals surface area contributed by atoms with Crippen LogP contribution >= 0.6 is 15.9 Å². The number of ketones is 1. The van der Waals surface area contributed by atoms with Gasteiger partial charge in [-0.3, -0.25) is 4.79 Å². The van der Waals surface area contributed by atoms with Crippen molar-refractivity contribution in [3.05, 3.63) is 57.6 Å². The Morgan fingerprint density at radius 1 is 1.00 bits per heavy atom. The molecule has 2 aromatic rings. The molecule has 0 bridgehead atoms. The highest BCUT2D eigenvalue weighted by atomic mass is 79.9. The van der Waals surface area contributed by atoms with Gasteiger partial charge in [-0.25, -0.2) is 0 Å². The molecule has 0 spiro atoms. The second kappa shape index (κ2) is 5.07. The zero-order valence-electron chi connectivity index (χ0n) is 10.8. The third-order valence-electron chi connectivity index (χ3n) is 3.24. The summed E-state index contributed by atoms with van der Waals surface area (Å²) in [5.41, 5.74) is 5.14. The van der Waals surface area contributed by atoms with E-state index in [9.17, 15) is 4.79 Å². The van der Waals surface area contributed by atoms with Crippen LogP contribution in [0.5, 0.6) is 0 Å². The van der Waals surface area contributed by atoms with Crippen LogP contribution in [-0.2, 0) is 0 Å². The first-order valence-corrected chi connectivity index (χ1v) is 6.67. The summed E-state index contributed by atoms with van der Waals surface area (Å²) in [5.74, 6) is 0.120. The molecule has 0 aliphatic carbocycles. The fraction of sp³-hybridized carbons (Fsp3) is 0.188. The van der Waals surface area contributed by atoms with E-state index in [1.54, 1.807) is 6.92 Å². The van der Waals surface area contributed by atoms with Crippen molar-refractivity contribution in [1.82, 2.24) is 0 Å². The van der Waals surface area contributed by atoms with Gasteiger partial charge in [0.25, 0.3) is 0 Å². The second-order valence-corrected chi connectivity index (χ2v) is 5.41. The molecule has 0 radical (unpaired) electrons. The number of aryl methyl sites for hydroxylation is 1. The zero-order valence-corrected chi connectivity index (χ0v) is 12.3. The highest BCUT2D eigenvalue weighted by molar-refractivity contribution is 9.10. The van der Waals surface area contributed by atoms with E-state index in [4.69, 9.17) is 0 Å². The van der Waals surface area contributed by atoms with Crippen LogP contribution in [-0.4, -0.2) is 5.78 Å². The lowest BCUT2D eigenvalue weighted by Gasteiger charge is -2.12. The van der Waals surface area contributed by atoms with Crippen LogP contribution in [0, 0.1) is 13.8 Å². The molecule has 2 heteroatoms. The molecule has 1 nitrogen and oxygen atoms in total. The van der Waals surface area contributed by atoms with Crippen molar-refractivity contribution >= 4 is 21.7 Å². The van der Waals surface area contributed by atoms with E-state index < -0.39 is 0 Å². The minimum Gasteiger partial charge on any atom is -0.294 e. The summed E-state index contributed by atoms with van der Waals surface area (Å²) >= 11 is 3.42. The van der Waals surface area contributed by atoms with E-state index in [0.29, 0.717) is 0 Å². The Balaban J connectivity index is 2.68. The first-order valence-electron chi connectivity index (χ1n) is 5.88. The minimum absolute atomic E-state index is 0.120. The Labute approximate surface area is 116 Å². The Bertz CT molecular complexity index is 597. The average molecular weight is 303 g/mol. The molecule has 0 saturated carbocycles. The van der Waals surface area contributed by atoms with E-state index in [-0.39, 0.29) is 5.78 Å². The van der Waals surface area contributed by atoms with Crippen molar-refractivity contribution in [2.24, 2.45) is 0 Å². The van der Waals surface area contributed by atoms with Crippen LogP contribution in [0.4, 0.5) is 0 Å². The van der Waals surface area contributed by atoms with Gasteiger partial charge in [-0.1, -0.05) is 40.2 Å². The summed E-state index contributed by atoms with van der Waals surface area (Å²) in [5, 5.41) is 0. The van der Waals surface area contributed by atoms with Gasteiger partial charge < -0.3 is 0 Å². The molecule has 0 amide bonds. The van der Waals surface area contributed by atoms with Gasteiger partial charge in [0.05, 0.1) is 0 Å². The first-order chi connectivity index (χ1) is 8.50. The molecule has 2 rings (SSSR count). The van der Waals surface area contributed by atoms with Gasteiger partial charge in [0.1, 0.15) is 0 Å². The molecular formula is C16H15BrO. The molecule has 0 atom stereocenters. The van der Waals surface area contributed by atoms with Crippen molar-refractivity contribution in [3.8, 4) is 11.1 Å². The number of carbonyl (C=O) groups excluding carboxylic acids is 1. The summed E-state index contributed by atoms with van der Waals surface area (Å²) in [6.45, 7) is 5.67. The summed E-state index contributed by atoms with van der Waals surface area (Å²) in [4.78, 5) is 11.9. The normalized spacial score (nSPS) is 10.4. The van der Waals surface area contributed by atoms with E-state index in [1.807, 2.05) is 44.2 Å². The first kappa shape index (κ1) is 13.0. The van der Waals surface area contributed by atoms with Gasteiger partial charge in [-0.15, -0.1) is 0 Å². The van der Waals surface area contributed by atoms with Crippen molar-refractivity contribution in [1.29, 1.82) is 0 Å². The molecule has 92 valence electrons. The van der Waals surface area contributed by atoms with Gasteiger partial charge in [0, 0.05) is 10.0 Å². The second-order valence-electron chi connectivity index (χ2n) is 4.49. The maximum absolute atomic E-state index is 11.9. The van der Waals surface area contributed by atoms with Crippen LogP contribution in [0.1, 0.15) is 28.4 Å². The topological polar surface area (TPSA) is 17.1 Å². The summed E-state index contributed by atoms with van der Waals surface area (Å²) in [6, 6.07) is 12.1. The zero-order chi connectivity index (χ0) is 13.3. The lowest BCUT2D eigenvalue weighted by atomic mass is 9.91. The van der Waals surface area contributed by atoms with Crippen molar-refractivity contribution in [2.45, 2.75) is 20.8 Å². The maximum atomic E-state index is 11.9. The average Bonchev–Trinajstić information content (AvgIpc) is 2.33. The van der Waals surface area contributed by atoms with E-state index in [1.165, 1.54) is 0 Å². The maximum Gasteiger partial charge on any atom is 0.160 e. The van der Waals surface area contributed by atoms with Gasteiger partial charge >= 0.3 is 0 Å². The third-order valence-corrected chi connectivity index (χ3v) is 3.77. The largest absolute Gasteiger partial charge is 0.294 e. The number of Topliss-reactive ketones (excluding diaryl/α,β-unsaturated/α-hetero) is 1. The molecule has 0 aliphatic heterocycles. The molecular weight excluding hydrogens is 288 g/mol. The third kappa shape index (κ3) is 2.39. The van der Waals surface area contributed by atoms with Crippen LogP contribution in [0.15, 0.2) is 40.9 Å². The highest BCUT2D eigenvalue weighted by Gasteiger charge is 2.13. The molecule has 0 heterocycles. The molecule has 0 unspecified atom stereocenters. The Hall–Kier alpha value is -1.41. The van der Waals surface area contributed by atoms with Gasteiger partial charge in [-0.05, 0) is 55.2 Å². The number of hydrogen-bond donors (Lipinski definition) is 0. The molecule has 0 saturated heterocycles. The Morgan fingerprint density at radius 3 is 2.17 bits per heavy atom. The van der Waals surface area contributed by atoms with Gasteiger partial charge in [0.15, 0.2) is 5.78 Å². The standard InChI is InChI=1S/C16H15BrO/c1-10-4-9-15(16(11(10)2)12(3)18)13-5-7-14(17)8-6-13/h4-9H,1-3H3. The Kier molecular flexibility index (Phi) is 3.67. The van der Waals surface area contributed by atoms with Gasteiger partial charge in [-0.2, -0.15) is 0 Å². The molecule has 0 aliphatic rings. The van der Waals surface area contributed by atoms with Crippen LogP contribution in [0.25, 0.3) is 11.1 Å². The highest BCUT2D eigenvalue weighted by Crippen LogP contribution is 2.29. The fourth-order valence-electron chi connectivity index (χ4n) is 2.14. The van der Waals surface area contributed by atoms with E-state index >= 15 is 0 Å². The van der Waals surface area contributed by atoms with Crippen molar-refractivity contribution < 1.29 is 4.79 Å². The molecule has 18 heavy (non-hydrogen) atoms. The minimum atomic E-state index is 0.120. The number of rotatable bonds is 2. The van der Waals surface area contributed by atoms with Gasteiger partial charge in [0.2, 0.25) is 0 Å². The molecule has 0 N–H and O–H groups in total. The van der Waals surface area contributed by atoms with Crippen molar-refractivity contribution in [2.75, 3.05) is 0 Å². The summed E-state index contributed by atoms with van der Waals surface area (Å²) in [6.07, 6.45) is 0. The quantitative estimate of drug-likeness (QED) is 0.718. The number of halogens is 1. The monoisotopic (exact) mass is 302 g/mol. The molecule has 0 fully saturated rings. The van der Waals surface area contributed by atoms with Crippen LogP contribution in [0.2, 0.25) is 0 Å². The smallest absolute Gasteiger partial charge is 0.160 e. The SMILES string of the molecule is CC(=O)c1c(-c2ccc(Br)cc2)ccc(C)c1C. The van der Waals surface area contributed by atoms with Crippen LogP contribution < -0.4 is 0 Å². The predicted octanol–water partition coefficient (Wildman–Crippen LogP) is 4.94. The van der Waals surface area contributed by atoms with Crippen LogP contribution in [0.3, 0.4) is 0 Å². The fourth-order valence-corrected chi connectivity index (χ4v) is 2.40. The molecule has 0 aromatic heterocycles. The number of benzene rings is 2. The lowest BCUT2D eigenvalue weighted by Crippen LogP contribution is -2.01. The number of hydrogen-bond acceptors (Lipinski definition) is 1. The summed E-state index contributed by atoms with van der Waals surface area (Å²) in [7, 11) is 0. The lowest BCUT2D eigenvalue weighted by molar-refractivity contribution is 0.101. The predicted molar refractivity (Wildman–Crippen MR) is 79.1 cm³/mol. The Morgan fingerprint density at radius 2 is 1.61 bits per heavy atom. The van der Waals surface area contributed by atoms with Crippen molar-refractivity contribution in [3.63, 3.8) is 0 Å². The van der Waals surface area contributed by atoms with E-state index in [2.05, 4.69) is 22.0 Å². The summed E-state index contributed by atoms with van der Waals surface area (Å²) < 4.78 is 1.04. The number of carbonyl (C=O) groups is 1. The molecule has 2 aromatic carbocycles. The van der Waals surface area contributed by atoms with E-state index in [0.717, 1.165) is 32.3 Å².